The average molecular weight is 245 g/mol. The van der Waals surface area contributed by atoms with E-state index in [4.69, 9.17) is 0 Å². The van der Waals surface area contributed by atoms with E-state index in [2.05, 4.69) is 6.07 Å². The molecule has 0 amide bonds. The highest BCUT2D eigenvalue weighted by Crippen LogP contribution is 2.61. The highest BCUT2D eigenvalue weighted by Gasteiger charge is 2.61. The Kier molecular flexibility index (Phi) is 1.84. The second kappa shape index (κ2) is 3.33. The summed E-state index contributed by atoms with van der Waals surface area (Å²) in [6.45, 7) is 0. The minimum absolute atomic E-state index is 0.0112. The summed E-state index contributed by atoms with van der Waals surface area (Å²) in [5.74, 6) is 0.0725. The zero-order chi connectivity index (χ0) is 13.0. The lowest BCUT2D eigenvalue weighted by molar-refractivity contribution is 0.103. The van der Waals surface area contributed by atoms with Crippen LogP contribution in [0.15, 0.2) is 48.5 Å². The molecule has 4 rings (SSSR count). The van der Waals surface area contributed by atoms with Crippen molar-refractivity contribution < 1.29 is 4.79 Å². The summed E-state index contributed by atoms with van der Waals surface area (Å²) in [4.78, 5) is 12.5. The Morgan fingerprint density at radius 1 is 1.00 bits per heavy atom. The van der Waals surface area contributed by atoms with Crippen LogP contribution in [0.3, 0.4) is 0 Å². The van der Waals surface area contributed by atoms with Gasteiger partial charge in [-0.3, -0.25) is 4.79 Å². The summed E-state index contributed by atoms with van der Waals surface area (Å²) < 4.78 is 0. The quantitative estimate of drug-likeness (QED) is 0.715. The van der Waals surface area contributed by atoms with Crippen LogP contribution in [-0.4, -0.2) is 5.78 Å². The molecular weight excluding hydrogens is 234 g/mol. The van der Waals surface area contributed by atoms with Crippen molar-refractivity contribution >= 4 is 5.78 Å². The van der Waals surface area contributed by atoms with Crippen molar-refractivity contribution in [1.82, 2.24) is 0 Å². The van der Waals surface area contributed by atoms with Crippen LogP contribution in [0.25, 0.3) is 0 Å². The number of ketones is 1. The SMILES string of the molecule is N#C[C@H]1CC12c1ccccc1C(=O)c1ccccc12. The van der Waals surface area contributed by atoms with Gasteiger partial charge in [-0.1, -0.05) is 48.5 Å². The van der Waals surface area contributed by atoms with E-state index in [1.54, 1.807) is 0 Å². The van der Waals surface area contributed by atoms with E-state index in [9.17, 15) is 10.1 Å². The second-order valence-corrected chi connectivity index (χ2v) is 5.28. The smallest absolute Gasteiger partial charge is 0.193 e. The largest absolute Gasteiger partial charge is 0.289 e. The normalized spacial score (nSPS) is 21.4. The van der Waals surface area contributed by atoms with Gasteiger partial charge in [-0.25, -0.2) is 0 Å². The van der Waals surface area contributed by atoms with E-state index in [1.165, 1.54) is 0 Å². The van der Waals surface area contributed by atoms with Crippen LogP contribution in [0, 0.1) is 17.2 Å². The lowest BCUT2D eigenvalue weighted by atomic mass is 9.74. The molecule has 1 spiro atoms. The minimum Gasteiger partial charge on any atom is -0.289 e. The number of fused-ring (bicyclic) bond motifs is 4. The Labute approximate surface area is 111 Å². The van der Waals surface area contributed by atoms with Crippen LogP contribution in [0.2, 0.25) is 0 Å². The van der Waals surface area contributed by atoms with Crippen LogP contribution in [0.5, 0.6) is 0 Å². The highest BCUT2D eigenvalue weighted by molar-refractivity contribution is 6.13. The summed E-state index contributed by atoms with van der Waals surface area (Å²) in [5.41, 5.74) is 3.35. The van der Waals surface area contributed by atoms with Crippen molar-refractivity contribution in [2.45, 2.75) is 11.8 Å². The van der Waals surface area contributed by atoms with E-state index in [1.807, 2.05) is 48.5 Å². The van der Waals surface area contributed by atoms with Gasteiger partial charge in [0, 0.05) is 16.5 Å². The molecule has 0 aromatic heterocycles. The molecule has 2 aromatic rings. The third kappa shape index (κ3) is 1.13. The van der Waals surface area contributed by atoms with Gasteiger partial charge in [0.05, 0.1) is 12.0 Å². The Balaban J connectivity index is 2.08. The molecule has 2 aliphatic rings. The molecule has 2 nitrogen and oxygen atoms in total. The predicted octanol–water partition coefficient (Wildman–Crippen LogP) is 3.06. The van der Waals surface area contributed by atoms with Crippen molar-refractivity contribution in [3.05, 3.63) is 70.8 Å². The summed E-state index contributed by atoms with van der Waals surface area (Å²) in [6.07, 6.45) is 0.824. The number of hydrogen-bond acceptors (Lipinski definition) is 2. The third-order valence-corrected chi connectivity index (χ3v) is 4.42. The summed E-state index contributed by atoms with van der Waals surface area (Å²) >= 11 is 0. The molecule has 1 fully saturated rings. The summed E-state index contributed by atoms with van der Waals surface area (Å²) in [7, 11) is 0. The van der Waals surface area contributed by atoms with Gasteiger partial charge in [-0.05, 0) is 17.5 Å². The van der Waals surface area contributed by atoms with E-state index in [0.717, 1.165) is 28.7 Å². The van der Waals surface area contributed by atoms with Crippen molar-refractivity contribution in [3.8, 4) is 6.07 Å². The molecule has 0 bridgehead atoms. The van der Waals surface area contributed by atoms with Gasteiger partial charge in [0.1, 0.15) is 0 Å². The maximum atomic E-state index is 12.5. The molecule has 2 aromatic carbocycles. The van der Waals surface area contributed by atoms with E-state index < -0.39 is 0 Å². The number of carbonyl (C=O) groups is 1. The molecule has 1 saturated carbocycles. The second-order valence-electron chi connectivity index (χ2n) is 5.28. The fraction of sp³-hybridized carbons (Fsp3) is 0.176. The maximum absolute atomic E-state index is 12.5. The topological polar surface area (TPSA) is 40.9 Å². The summed E-state index contributed by atoms with van der Waals surface area (Å²) in [5, 5.41) is 9.31. The van der Waals surface area contributed by atoms with Crippen LogP contribution in [0.4, 0.5) is 0 Å². The molecule has 0 N–H and O–H groups in total. The number of carbonyl (C=O) groups excluding carboxylic acids is 1. The van der Waals surface area contributed by atoms with Crippen LogP contribution < -0.4 is 0 Å². The van der Waals surface area contributed by atoms with Crippen molar-refractivity contribution in [2.24, 2.45) is 5.92 Å². The number of nitriles is 1. The van der Waals surface area contributed by atoms with Crippen molar-refractivity contribution in [3.63, 3.8) is 0 Å². The van der Waals surface area contributed by atoms with Crippen LogP contribution >= 0.6 is 0 Å². The van der Waals surface area contributed by atoms with Crippen LogP contribution in [0.1, 0.15) is 33.5 Å². The van der Waals surface area contributed by atoms with Gasteiger partial charge in [0.2, 0.25) is 0 Å². The first-order valence-electron chi connectivity index (χ1n) is 6.42. The van der Waals surface area contributed by atoms with Gasteiger partial charge in [-0.15, -0.1) is 0 Å². The Morgan fingerprint density at radius 3 is 2.00 bits per heavy atom. The zero-order valence-corrected chi connectivity index (χ0v) is 10.3. The van der Waals surface area contributed by atoms with E-state index in [0.29, 0.717) is 0 Å². The van der Waals surface area contributed by atoms with Gasteiger partial charge in [0.25, 0.3) is 0 Å². The predicted molar refractivity (Wildman–Crippen MR) is 70.8 cm³/mol. The molecule has 0 saturated heterocycles. The molecule has 0 unspecified atom stereocenters. The fourth-order valence-electron chi connectivity index (χ4n) is 3.44. The molecule has 90 valence electrons. The molecule has 0 aliphatic heterocycles. The molecule has 0 radical (unpaired) electrons. The highest BCUT2D eigenvalue weighted by atomic mass is 16.1. The van der Waals surface area contributed by atoms with E-state index >= 15 is 0 Å². The first-order valence-corrected chi connectivity index (χ1v) is 6.42. The van der Waals surface area contributed by atoms with Gasteiger partial charge in [-0.2, -0.15) is 5.26 Å². The summed E-state index contributed by atoms with van der Waals surface area (Å²) in [6, 6.07) is 17.8. The maximum Gasteiger partial charge on any atom is 0.193 e. The lowest BCUT2D eigenvalue weighted by Gasteiger charge is -2.27. The van der Waals surface area contributed by atoms with Gasteiger partial charge >= 0.3 is 0 Å². The Bertz CT molecular complexity index is 704. The van der Waals surface area contributed by atoms with Crippen molar-refractivity contribution in [2.75, 3.05) is 0 Å². The average Bonchev–Trinajstić information content (AvgIpc) is 3.21. The molecule has 19 heavy (non-hydrogen) atoms. The third-order valence-electron chi connectivity index (χ3n) is 4.42. The Morgan fingerprint density at radius 2 is 1.53 bits per heavy atom. The number of nitrogens with zero attached hydrogens (tertiary/aromatic N) is 1. The molecular formula is C17H11NO. The standard InChI is InChI=1S/C17H11NO/c18-10-11-9-17(11)14-7-3-1-5-12(14)16(19)13-6-2-4-8-15(13)17/h1-8,11H,9H2/t11-/m1/s1. The fourth-order valence-corrected chi connectivity index (χ4v) is 3.44. The Hall–Kier alpha value is -2.40. The molecule has 1 atom stereocenters. The van der Waals surface area contributed by atoms with E-state index in [-0.39, 0.29) is 17.1 Å². The molecule has 2 aliphatic carbocycles. The first kappa shape index (κ1) is 10.5. The lowest BCUT2D eigenvalue weighted by Crippen LogP contribution is -2.25. The van der Waals surface area contributed by atoms with Crippen molar-refractivity contribution in [1.29, 1.82) is 5.26 Å². The van der Waals surface area contributed by atoms with Gasteiger partial charge in [0.15, 0.2) is 5.78 Å². The monoisotopic (exact) mass is 245 g/mol. The van der Waals surface area contributed by atoms with Gasteiger partial charge < -0.3 is 0 Å². The number of benzene rings is 2. The zero-order valence-electron chi connectivity index (χ0n) is 10.3. The molecule has 0 heterocycles. The van der Waals surface area contributed by atoms with Crippen LogP contribution in [-0.2, 0) is 5.41 Å². The first-order chi connectivity index (χ1) is 9.29. The number of hydrogen-bond donors (Lipinski definition) is 0. The minimum atomic E-state index is -0.240. The number of rotatable bonds is 0. The molecule has 2 heteroatoms.